The quantitative estimate of drug-likeness (QED) is 0.733. The Morgan fingerprint density at radius 3 is 2.48 bits per heavy atom. The van der Waals surface area contributed by atoms with E-state index in [0.717, 1.165) is 15.6 Å². The second kappa shape index (κ2) is 6.22. The summed E-state index contributed by atoms with van der Waals surface area (Å²) in [6.45, 7) is 1.98. The zero-order chi connectivity index (χ0) is 16.4. The third-order valence-electron chi connectivity index (χ3n) is 3.47. The summed E-state index contributed by atoms with van der Waals surface area (Å²) in [7, 11) is 1.36. The van der Waals surface area contributed by atoms with Gasteiger partial charge < -0.3 is 10.1 Å². The van der Waals surface area contributed by atoms with Crippen molar-refractivity contribution < 1.29 is 14.3 Å². The van der Waals surface area contributed by atoms with Crippen molar-refractivity contribution in [2.24, 2.45) is 0 Å². The molecule has 0 aliphatic rings. The van der Waals surface area contributed by atoms with Crippen LogP contribution in [0.5, 0.6) is 0 Å². The number of amides is 1. The first-order valence-corrected chi connectivity index (χ1v) is 7.88. The number of carbonyl (C=O) groups excluding carboxylic acids is 2. The lowest BCUT2D eigenvalue weighted by molar-refractivity contribution is 0.0606. The third-order valence-corrected chi connectivity index (χ3v) is 4.57. The predicted molar refractivity (Wildman–Crippen MR) is 92.3 cm³/mol. The van der Waals surface area contributed by atoms with E-state index in [4.69, 9.17) is 4.74 Å². The highest BCUT2D eigenvalue weighted by atomic mass is 32.1. The summed E-state index contributed by atoms with van der Waals surface area (Å²) in [6.07, 6.45) is 0. The Morgan fingerprint density at radius 1 is 1.04 bits per heavy atom. The van der Waals surface area contributed by atoms with E-state index in [1.54, 1.807) is 18.2 Å². The number of hydrogen-bond acceptors (Lipinski definition) is 4. The number of benzene rings is 2. The third kappa shape index (κ3) is 3.24. The highest BCUT2D eigenvalue weighted by Gasteiger charge is 2.11. The molecule has 1 heterocycles. The first-order chi connectivity index (χ1) is 11.1. The number of fused-ring (bicyclic) bond motifs is 1. The van der Waals surface area contributed by atoms with Crippen LogP contribution in [0.15, 0.2) is 48.5 Å². The summed E-state index contributed by atoms with van der Waals surface area (Å²) >= 11 is 1.37. The number of anilines is 1. The fourth-order valence-corrected chi connectivity index (χ4v) is 3.19. The van der Waals surface area contributed by atoms with Crippen LogP contribution in [-0.2, 0) is 4.74 Å². The molecule has 4 nitrogen and oxygen atoms in total. The lowest BCUT2D eigenvalue weighted by Gasteiger charge is -2.05. The van der Waals surface area contributed by atoms with Gasteiger partial charge in [-0.2, -0.15) is 0 Å². The number of hydrogen-bond donors (Lipinski definition) is 1. The van der Waals surface area contributed by atoms with E-state index < -0.39 is 0 Å². The van der Waals surface area contributed by atoms with Crippen LogP contribution in [0, 0.1) is 6.92 Å². The molecule has 0 saturated heterocycles. The lowest BCUT2D eigenvalue weighted by Crippen LogP contribution is -2.11. The number of methoxy groups -OCH3 is 1. The number of ether oxygens (including phenoxy) is 1. The van der Waals surface area contributed by atoms with Gasteiger partial charge in [-0.15, -0.1) is 11.3 Å². The van der Waals surface area contributed by atoms with Crippen molar-refractivity contribution in [1.29, 1.82) is 0 Å². The SMILES string of the molecule is COC(=O)c1cc2cc(NC(=O)c3ccc(C)cc3)ccc2s1. The average molecular weight is 325 g/mol. The zero-order valence-electron chi connectivity index (χ0n) is 12.8. The Hall–Kier alpha value is -2.66. The maximum atomic E-state index is 12.2. The molecule has 0 fully saturated rings. The van der Waals surface area contributed by atoms with Crippen molar-refractivity contribution >= 4 is 39.0 Å². The minimum absolute atomic E-state index is 0.159. The molecule has 0 atom stereocenters. The van der Waals surface area contributed by atoms with Crippen LogP contribution in [0.2, 0.25) is 0 Å². The van der Waals surface area contributed by atoms with E-state index in [0.29, 0.717) is 16.1 Å². The average Bonchev–Trinajstić information content (AvgIpc) is 2.98. The molecular formula is C18H15NO3S. The molecule has 1 aromatic heterocycles. The van der Waals surface area contributed by atoms with Crippen molar-refractivity contribution in [2.75, 3.05) is 12.4 Å². The molecule has 0 saturated carbocycles. The van der Waals surface area contributed by atoms with Gasteiger partial charge in [-0.05, 0) is 48.7 Å². The van der Waals surface area contributed by atoms with E-state index in [9.17, 15) is 9.59 Å². The number of nitrogens with one attached hydrogen (secondary N) is 1. The number of rotatable bonds is 3. The molecular weight excluding hydrogens is 310 g/mol. The predicted octanol–water partition coefficient (Wildman–Crippen LogP) is 4.25. The Morgan fingerprint density at radius 2 is 1.78 bits per heavy atom. The summed E-state index contributed by atoms with van der Waals surface area (Å²) in [6, 6.07) is 14.7. The van der Waals surface area contributed by atoms with Gasteiger partial charge in [0.1, 0.15) is 4.88 Å². The molecule has 23 heavy (non-hydrogen) atoms. The molecule has 0 bridgehead atoms. The van der Waals surface area contributed by atoms with Gasteiger partial charge in [0.15, 0.2) is 0 Å². The maximum absolute atomic E-state index is 12.2. The van der Waals surface area contributed by atoms with Crippen molar-refractivity contribution in [3.63, 3.8) is 0 Å². The van der Waals surface area contributed by atoms with Crippen LogP contribution in [0.3, 0.4) is 0 Å². The van der Waals surface area contributed by atoms with Gasteiger partial charge >= 0.3 is 5.97 Å². The fourth-order valence-electron chi connectivity index (χ4n) is 2.23. The maximum Gasteiger partial charge on any atom is 0.348 e. The standard InChI is InChI=1S/C18H15NO3S/c1-11-3-5-12(6-4-11)17(20)19-14-7-8-15-13(9-14)10-16(23-15)18(21)22-2/h3-10H,1-2H3,(H,19,20). The molecule has 116 valence electrons. The van der Waals surface area contributed by atoms with Gasteiger partial charge in [0.25, 0.3) is 5.91 Å². The van der Waals surface area contributed by atoms with Crippen molar-refractivity contribution in [3.05, 3.63) is 64.5 Å². The van der Waals surface area contributed by atoms with Gasteiger partial charge in [-0.3, -0.25) is 4.79 Å². The largest absolute Gasteiger partial charge is 0.465 e. The second-order valence-corrected chi connectivity index (χ2v) is 6.26. The Kier molecular flexibility index (Phi) is 4.12. The van der Waals surface area contributed by atoms with Crippen LogP contribution in [0.4, 0.5) is 5.69 Å². The Balaban J connectivity index is 1.84. The molecule has 0 aliphatic heterocycles. The summed E-state index contributed by atoms with van der Waals surface area (Å²) in [4.78, 5) is 24.4. The lowest BCUT2D eigenvalue weighted by atomic mass is 10.1. The minimum Gasteiger partial charge on any atom is -0.465 e. The first kappa shape index (κ1) is 15.2. The molecule has 0 radical (unpaired) electrons. The van der Waals surface area contributed by atoms with Crippen LogP contribution < -0.4 is 5.32 Å². The Labute approximate surface area is 137 Å². The van der Waals surface area contributed by atoms with E-state index in [2.05, 4.69) is 5.32 Å². The van der Waals surface area contributed by atoms with E-state index in [-0.39, 0.29) is 11.9 Å². The van der Waals surface area contributed by atoms with Crippen LogP contribution in [-0.4, -0.2) is 19.0 Å². The highest BCUT2D eigenvalue weighted by molar-refractivity contribution is 7.20. The van der Waals surface area contributed by atoms with E-state index >= 15 is 0 Å². The molecule has 0 unspecified atom stereocenters. The normalized spacial score (nSPS) is 10.5. The summed E-state index contributed by atoms with van der Waals surface area (Å²) in [5.41, 5.74) is 2.41. The molecule has 1 amide bonds. The number of thiophene rings is 1. The molecule has 0 spiro atoms. The van der Waals surface area contributed by atoms with Crippen LogP contribution in [0.25, 0.3) is 10.1 Å². The Bertz CT molecular complexity index is 881. The summed E-state index contributed by atoms with van der Waals surface area (Å²) < 4.78 is 5.70. The molecule has 3 aromatic rings. The number of aryl methyl sites for hydroxylation is 1. The number of carbonyl (C=O) groups is 2. The summed E-state index contributed by atoms with van der Waals surface area (Å²) in [5.74, 6) is -0.510. The van der Waals surface area contributed by atoms with E-state index in [1.165, 1.54) is 18.4 Å². The van der Waals surface area contributed by atoms with Crippen LogP contribution >= 0.6 is 11.3 Å². The smallest absolute Gasteiger partial charge is 0.348 e. The van der Waals surface area contributed by atoms with Crippen molar-refractivity contribution in [3.8, 4) is 0 Å². The van der Waals surface area contributed by atoms with Gasteiger partial charge in [-0.1, -0.05) is 17.7 Å². The second-order valence-electron chi connectivity index (χ2n) is 5.17. The minimum atomic E-state index is -0.351. The topological polar surface area (TPSA) is 55.4 Å². The first-order valence-electron chi connectivity index (χ1n) is 7.07. The van der Waals surface area contributed by atoms with Crippen molar-refractivity contribution in [2.45, 2.75) is 6.92 Å². The van der Waals surface area contributed by atoms with Gasteiger partial charge in [0.05, 0.1) is 7.11 Å². The fraction of sp³-hybridized carbons (Fsp3) is 0.111. The van der Waals surface area contributed by atoms with Crippen LogP contribution in [0.1, 0.15) is 25.6 Å². The molecule has 3 rings (SSSR count). The van der Waals surface area contributed by atoms with E-state index in [1.807, 2.05) is 37.3 Å². The number of esters is 1. The van der Waals surface area contributed by atoms with Gasteiger partial charge in [-0.25, -0.2) is 4.79 Å². The molecule has 5 heteroatoms. The monoisotopic (exact) mass is 325 g/mol. The van der Waals surface area contributed by atoms with Gasteiger partial charge in [0.2, 0.25) is 0 Å². The zero-order valence-corrected chi connectivity index (χ0v) is 13.6. The molecule has 0 aliphatic carbocycles. The highest BCUT2D eigenvalue weighted by Crippen LogP contribution is 2.28. The van der Waals surface area contributed by atoms with Crippen molar-refractivity contribution in [1.82, 2.24) is 0 Å². The summed E-state index contributed by atoms with van der Waals surface area (Å²) in [5, 5.41) is 3.77. The van der Waals surface area contributed by atoms with Gasteiger partial charge in [0, 0.05) is 16.0 Å². The molecule has 1 N–H and O–H groups in total. The molecule has 2 aromatic carbocycles.